The monoisotopic (exact) mass is 460 g/mol. The fourth-order valence-electron chi connectivity index (χ4n) is 4.71. The van der Waals surface area contributed by atoms with E-state index in [-0.39, 0.29) is 0 Å². The van der Waals surface area contributed by atoms with Crippen molar-refractivity contribution in [2.75, 3.05) is 26.2 Å². The lowest BCUT2D eigenvalue weighted by atomic mass is 9.99. The number of ether oxygens (including phenoxy) is 1. The van der Waals surface area contributed by atoms with Gasteiger partial charge in [-0.15, -0.1) is 0 Å². The topological polar surface area (TPSA) is 68.4 Å². The van der Waals surface area contributed by atoms with Crippen molar-refractivity contribution in [3.05, 3.63) is 67.3 Å². The van der Waals surface area contributed by atoms with Crippen molar-refractivity contribution in [2.24, 2.45) is 0 Å². The maximum absolute atomic E-state index is 5.91. The Morgan fingerprint density at radius 3 is 2.66 bits per heavy atom. The third-order valence-electron chi connectivity index (χ3n) is 6.56. The van der Waals surface area contributed by atoms with Crippen LogP contribution in [0.2, 0.25) is 0 Å². The number of fused-ring (bicyclic) bond motifs is 2. The van der Waals surface area contributed by atoms with Gasteiger partial charge in [0.1, 0.15) is 20.2 Å². The Labute approximate surface area is 205 Å². The van der Waals surface area contributed by atoms with Crippen LogP contribution < -0.4 is 10.3 Å². The number of piperidine rings is 1. The Hall–Kier alpha value is -3.78. The van der Waals surface area contributed by atoms with Crippen LogP contribution in [0.4, 0.5) is 0 Å². The SMILES string of the molecule is [B]c1ccc2c(-c3cnn4cc(-c5ccc(OCCN6CCCCC6)cn5)cnc34)cccc2n1. The second-order valence-corrected chi connectivity index (χ2v) is 8.91. The average Bonchev–Trinajstić information content (AvgIpc) is 3.32. The molecule has 35 heavy (non-hydrogen) atoms. The fourth-order valence-corrected chi connectivity index (χ4v) is 4.71. The molecule has 0 unspecified atom stereocenters. The first-order chi connectivity index (χ1) is 17.2. The largest absolute Gasteiger partial charge is 0.491 e. The summed E-state index contributed by atoms with van der Waals surface area (Å²) in [6, 6.07) is 13.7. The molecule has 0 atom stereocenters. The number of nitrogens with zero attached hydrogens (tertiary/aromatic N) is 6. The third-order valence-corrected chi connectivity index (χ3v) is 6.56. The second-order valence-electron chi connectivity index (χ2n) is 8.91. The van der Waals surface area contributed by atoms with Gasteiger partial charge in [0, 0.05) is 35.5 Å². The Morgan fingerprint density at radius 2 is 1.80 bits per heavy atom. The summed E-state index contributed by atoms with van der Waals surface area (Å²) in [6.07, 6.45) is 11.3. The predicted octanol–water partition coefficient (Wildman–Crippen LogP) is 3.67. The van der Waals surface area contributed by atoms with E-state index in [1.165, 1.54) is 32.4 Å². The van der Waals surface area contributed by atoms with Crippen molar-refractivity contribution in [3.8, 4) is 28.1 Å². The molecule has 1 aromatic carbocycles. The Bertz CT molecular complexity index is 1480. The maximum atomic E-state index is 5.91. The van der Waals surface area contributed by atoms with Gasteiger partial charge < -0.3 is 4.74 Å². The summed E-state index contributed by atoms with van der Waals surface area (Å²) in [6.45, 7) is 4.00. The lowest BCUT2D eigenvalue weighted by molar-refractivity contribution is 0.183. The van der Waals surface area contributed by atoms with Gasteiger partial charge in [-0.2, -0.15) is 5.10 Å². The molecule has 0 N–H and O–H groups in total. The summed E-state index contributed by atoms with van der Waals surface area (Å²) in [7, 11) is 5.86. The minimum absolute atomic E-state index is 0.503. The van der Waals surface area contributed by atoms with Crippen molar-refractivity contribution in [1.29, 1.82) is 0 Å². The van der Waals surface area contributed by atoms with Crippen LogP contribution in [0.5, 0.6) is 5.75 Å². The van der Waals surface area contributed by atoms with E-state index in [2.05, 4.69) is 26.0 Å². The molecule has 7 nitrogen and oxygen atoms in total. The van der Waals surface area contributed by atoms with Gasteiger partial charge in [-0.05, 0) is 55.3 Å². The molecule has 1 aliphatic rings. The van der Waals surface area contributed by atoms with Gasteiger partial charge in [0.15, 0.2) is 5.65 Å². The zero-order valence-corrected chi connectivity index (χ0v) is 19.5. The molecular formula is C27H25BN6O. The highest BCUT2D eigenvalue weighted by Gasteiger charge is 2.13. The summed E-state index contributed by atoms with van der Waals surface area (Å²) in [5.41, 5.74) is 5.80. The van der Waals surface area contributed by atoms with Gasteiger partial charge in [0.05, 0.1) is 23.6 Å². The molecule has 1 saturated heterocycles. The van der Waals surface area contributed by atoms with E-state index in [0.29, 0.717) is 12.2 Å². The molecule has 8 heteroatoms. The molecule has 0 saturated carbocycles. The molecule has 6 rings (SSSR count). The zero-order chi connectivity index (χ0) is 23.6. The first-order valence-corrected chi connectivity index (χ1v) is 12.1. The lowest BCUT2D eigenvalue weighted by Gasteiger charge is -2.26. The molecule has 5 heterocycles. The van der Waals surface area contributed by atoms with E-state index in [1.807, 2.05) is 55.0 Å². The first-order valence-electron chi connectivity index (χ1n) is 12.1. The first kappa shape index (κ1) is 21.7. The number of rotatable bonds is 6. The Balaban J connectivity index is 1.21. The van der Waals surface area contributed by atoms with Crippen LogP contribution in [0.15, 0.2) is 67.3 Å². The van der Waals surface area contributed by atoms with E-state index in [4.69, 9.17) is 17.6 Å². The van der Waals surface area contributed by atoms with E-state index >= 15 is 0 Å². The smallest absolute Gasteiger partial charge is 0.162 e. The highest BCUT2D eigenvalue weighted by atomic mass is 16.5. The number of likely N-dealkylation sites (tertiary alicyclic amines) is 1. The van der Waals surface area contributed by atoms with Gasteiger partial charge in [-0.25, -0.2) is 9.50 Å². The summed E-state index contributed by atoms with van der Waals surface area (Å²) < 4.78 is 7.71. The number of aromatic nitrogens is 5. The molecule has 0 spiro atoms. The van der Waals surface area contributed by atoms with Gasteiger partial charge in [-0.1, -0.05) is 30.7 Å². The molecule has 1 fully saturated rings. The van der Waals surface area contributed by atoms with Crippen molar-refractivity contribution < 1.29 is 4.74 Å². The summed E-state index contributed by atoms with van der Waals surface area (Å²) in [5.74, 6) is 0.784. The number of pyridine rings is 2. The molecule has 2 radical (unpaired) electrons. The van der Waals surface area contributed by atoms with E-state index < -0.39 is 0 Å². The van der Waals surface area contributed by atoms with E-state index in [9.17, 15) is 0 Å². The average molecular weight is 460 g/mol. The molecule has 1 aliphatic heterocycles. The van der Waals surface area contributed by atoms with Gasteiger partial charge in [0.2, 0.25) is 0 Å². The van der Waals surface area contributed by atoms with E-state index in [0.717, 1.165) is 51.2 Å². The predicted molar refractivity (Wildman–Crippen MR) is 138 cm³/mol. The minimum Gasteiger partial charge on any atom is -0.491 e. The number of hydrogen-bond acceptors (Lipinski definition) is 6. The summed E-state index contributed by atoms with van der Waals surface area (Å²) in [4.78, 5) is 16.2. The summed E-state index contributed by atoms with van der Waals surface area (Å²) >= 11 is 0. The van der Waals surface area contributed by atoms with E-state index in [1.54, 1.807) is 10.7 Å². The summed E-state index contributed by atoms with van der Waals surface area (Å²) in [5, 5.41) is 5.57. The number of benzene rings is 1. The maximum Gasteiger partial charge on any atom is 0.162 e. The van der Waals surface area contributed by atoms with Crippen LogP contribution in [0.25, 0.3) is 38.9 Å². The molecule has 0 amide bonds. The molecule has 172 valence electrons. The normalized spacial score (nSPS) is 14.5. The third kappa shape index (κ3) is 4.49. The Morgan fingerprint density at radius 1 is 0.886 bits per heavy atom. The van der Waals surface area contributed by atoms with Gasteiger partial charge in [0.25, 0.3) is 0 Å². The minimum atomic E-state index is 0.503. The highest BCUT2D eigenvalue weighted by Crippen LogP contribution is 2.30. The van der Waals surface area contributed by atoms with Gasteiger partial charge in [-0.3, -0.25) is 14.9 Å². The van der Waals surface area contributed by atoms with Crippen LogP contribution in [0, 0.1) is 0 Å². The van der Waals surface area contributed by atoms with Crippen LogP contribution in [-0.4, -0.2) is 63.6 Å². The second kappa shape index (κ2) is 9.46. The molecule has 5 aromatic rings. The van der Waals surface area contributed by atoms with Crippen LogP contribution >= 0.6 is 0 Å². The lowest BCUT2D eigenvalue weighted by Crippen LogP contribution is -2.33. The fraction of sp³-hybridized carbons (Fsp3) is 0.259. The van der Waals surface area contributed by atoms with Crippen molar-refractivity contribution in [1.82, 2.24) is 29.5 Å². The van der Waals surface area contributed by atoms with Crippen molar-refractivity contribution in [2.45, 2.75) is 19.3 Å². The van der Waals surface area contributed by atoms with Crippen molar-refractivity contribution in [3.63, 3.8) is 0 Å². The van der Waals surface area contributed by atoms with Crippen molar-refractivity contribution >= 4 is 30.0 Å². The Kier molecular flexibility index (Phi) is 5.88. The van der Waals surface area contributed by atoms with Crippen LogP contribution in [0.1, 0.15) is 19.3 Å². The quantitative estimate of drug-likeness (QED) is 0.361. The number of hydrogen-bond donors (Lipinski definition) is 0. The van der Waals surface area contributed by atoms with Crippen LogP contribution in [0.3, 0.4) is 0 Å². The highest BCUT2D eigenvalue weighted by molar-refractivity contribution is 6.31. The van der Waals surface area contributed by atoms with Crippen LogP contribution in [-0.2, 0) is 0 Å². The standard InChI is InChI=1S/C27H25BN6O/c28-26-10-8-22-21(5-4-6-25(22)32-26)23-17-31-34-18-19(15-30-27(23)34)24-9-7-20(16-29-24)35-14-13-33-11-2-1-3-12-33/h4-10,15-18H,1-3,11-14H2. The molecule has 0 aliphatic carbocycles. The molecule has 4 aromatic heterocycles. The van der Waals surface area contributed by atoms with Gasteiger partial charge >= 0.3 is 0 Å². The molecular weight excluding hydrogens is 435 g/mol. The zero-order valence-electron chi connectivity index (χ0n) is 19.5. The molecule has 0 bridgehead atoms.